The average Bonchev–Trinajstić information content (AvgIpc) is 3.30. The lowest BCUT2D eigenvalue weighted by Crippen LogP contribution is -2.22. The maximum absolute atomic E-state index is 12.3. The van der Waals surface area contributed by atoms with Crippen molar-refractivity contribution in [3.8, 4) is 5.75 Å². The van der Waals surface area contributed by atoms with Crippen LogP contribution < -0.4 is 10.1 Å². The van der Waals surface area contributed by atoms with Gasteiger partial charge in [-0.1, -0.05) is 12.1 Å². The lowest BCUT2D eigenvalue weighted by Gasteiger charge is -2.06. The Morgan fingerprint density at radius 1 is 1.11 bits per heavy atom. The smallest absolute Gasteiger partial charge is 0.251 e. The van der Waals surface area contributed by atoms with Crippen LogP contribution >= 0.6 is 22.7 Å². The first kappa shape index (κ1) is 17.6. The fraction of sp³-hybridized carbons (Fsp3) is 0.150. The highest BCUT2D eigenvalue weighted by Crippen LogP contribution is 2.21. The molecule has 1 N–H and O–H groups in total. The third kappa shape index (κ3) is 4.32. The van der Waals surface area contributed by atoms with E-state index in [1.165, 1.54) is 0 Å². The minimum Gasteiger partial charge on any atom is -0.487 e. The molecule has 0 bridgehead atoms. The molecule has 0 aliphatic carbocycles. The van der Waals surface area contributed by atoms with Crippen molar-refractivity contribution in [3.05, 3.63) is 75.2 Å². The number of ether oxygens (including phenoxy) is 1. The van der Waals surface area contributed by atoms with Gasteiger partial charge < -0.3 is 10.1 Å². The number of nitrogens with zero attached hydrogens (tertiary/aromatic N) is 2. The molecule has 2 aromatic heterocycles. The van der Waals surface area contributed by atoms with Gasteiger partial charge in [-0.15, -0.1) is 22.7 Å². The van der Waals surface area contributed by atoms with Crippen LogP contribution in [-0.4, -0.2) is 15.9 Å². The van der Waals surface area contributed by atoms with Crippen LogP contribution in [0.2, 0.25) is 0 Å². The van der Waals surface area contributed by atoms with E-state index in [1.807, 2.05) is 36.6 Å². The van der Waals surface area contributed by atoms with Crippen LogP contribution in [-0.2, 0) is 13.2 Å². The van der Waals surface area contributed by atoms with Crippen LogP contribution in [0.3, 0.4) is 0 Å². The number of fused-ring (bicyclic) bond motifs is 1. The number of thiazole rings is 2. The highest BCUT2D eigenvalue weighted by molar-refractivity contribution is 7.18. The van der Waals surface area contributed by atoms with Gasteiger partial charge in [-0.2, -0.15) is 0 Å². The number of rotatable bonds is 6. The van der Waals surface area contributed by atoms with Crippen molar-refractivity contribution < 1.29 is 9.53 Å². The summed E-state index contributed by atoms with van der Waals surface area (Å²) in [5, 5.41) is 6.81. The number of aromatic nitrogens is 2. The number of nitrogens with one attached hydrogen (secondary N) is 1. The van der Waals surface area contributed by atoms with Gasteiger partial charge in [0.25, 0.3) is 5.91 Å². The van der Waals surface area contributed by atoms with Crippen molar-refractivity contribution in [1.82, 2.24) is 15.3 Å². The van der Waals surface area contributed by atoms with Crippen LogP contribution in [0, 0.1) is 6.92 Å². The fourth-order valence-corrected chi connectivity index (χ4v) is 4.09. The van der Waals surface area contributed by atoms with Gasteiger partial charge >= 0.3 is 0 Å². The molecular weight excluding hydrogens is 378 g/mol. The molecule has 0 spiro atoms. The molecule has 0 aliphatic rings. The van der Waals surface area contributed by atoms with E-state index in [4.69, 9.17) is 4.74 Å². The number of benzene rings is 2. The number of hydrogen-bond donors (Lipinski definition) is 1. The summed E-state index contributed by atoms with van der Waals surface area (Å²) in [4.78, 5) is 21.2. The summed E-state index contributed by atoms with van der Waals surface area (Å²) in [5.41, 5.74) is 2.46. The summed E-state index contributed by atoms with van der Waals surface area (Å²) in [6.07, 6.45) is 0. The number of amides is 1. The molecule has 0 saturated heterocycles. The van der Waals surface area contributed by atoms with Crippen LogP contribution in [0.5, 0.6) is 5.75 Å². The van der Waals surface area contributed by atoms with E-state index in [0.29, 0.717) is 24.5 Å². The van der Waals surface area contributed by atoms with Crippen LogP contribution in [0.15, 0.2) is 53.9 Å². The van der Waals surface area contributed by atoms with Gasteiger partial charge in [-0.05, 0) is 43.3 Å². The Kier molecular flexibility index (Phi) is 5.13. The summed E-state index contributed by atoms with van der Waals surface area (Å²) in [6, 6.07) is 15.1. The molecular formula is C20H17N3O2S2. The fourth-order valence-electron chi connectivity index (χ4n) is 2.59. The van der Waals surface area contributed by atoms with Gasteiger partial charge in [-0.25, -0.2) is 9.97 Å². The third-order valence-electron chi connectivity index (χ3n) is 3.91. The molecule has 7 heteroatoms. The predicted octanol–water partition coefficient (Wildman–Crippen LogP) is 4.57. The molecule has 0 unspecified atom stereocenters. The van der Waals surface area contributed by atoms with E-state index in [0.717, 1.165) is 25.9 Å². The second-order valence-corrected chi connectivity index (χ2v) is 8.11. The zero-order valence-corrected chi connectivity index (χ0v) is 16.3. The van der Waals surface area contributed by atoms with Gasteiger partial charge in [0.15, 0.2) is 0 Å². The first-order valence-electron chi connectivity index (χ1n) is 8.44. The Balaban J connectivity index is 1.33. The summed E-state index contributed by atoms with van der Waals surface area (Å²) in [6.45, 7) is 2.81. The zero-order chi connectivity index (χ0) is 18.6. The van der Waals surface area contributed by atoms with E-state index in [2.05, 4.69) is 15.3 Å². The minimum absolute atomic E-state index is 0.129. The number of hydrogen-bond acceptors (Lipinski definition) is 6. The molecule has 136 valence electrons. The van der Waals surface area contributed by atoms with Crippen molar-refractivity contribution in [3.63, 3.8) is 0 Å². The highest BCUT2D eigenvalue weighted by atomic mass is 32.1. The summed E-state index contributed by atoms with van der Waals surface area (Å²) < 4.78 is 6.83. The van der Waals surface area contributed by atoms with Gasteiger partial charge in [0, 0.05) is 10.9 Å². The molecule has 2 heterocycles. The first-order valence-corrected chi connectivity index (χ1v) is 10.1. The molecule has 4 aromatic rings. The Bertz CT molecular complexity index is 1040. The Labute approximate surface area is 164 Å². The maximum atomic E-state index is 12.3. The molecule has 4 rings (SSSR count). The van der Waals surface area contributed by atoms with Crippen molar-refractivity contribution in [2.45, 2.75) is 20.1 Å². The molecule has 1 amide bonds. The lowest BCUT2D eigenvalue weighted by atomic mass is 10.2. The largest absolute Gasteiger partial charge is 0.487 e. The maximum Gasteiger partial charge on any atom is 0.251 e. The highest BCUT2D eigenvalue weighted by Gasteiger charge is 2.08. The first-order chi connectivity index (χ1) is 13.2. The third-order valence-corrected chi connectivity index (χ3v) is 5.77. The van der Waals surface area contributed by atoms with E-state index in [-0.39, 0.29) is 5.91 Å². The van der Waals surface area contributed by atoms with Crippen molar-refractivity contribution >= 4 is 38.8 Å². The normalized spacial score (nSPS) is 10.9. The number of carbonyl (C=O) groups is 1. The van der Waals surface area contributed by atoms with Crippen LogP contribution in [0.4, 0.5) is 0 Å². The van der Waals surface area contributed by atoms with Gasteiger partial charge in [0.2, 0.25) is 0 Å². The molecule has 0 saturated carbocycles. The standard InChI is InChI=1S/C20H17N3O2S2/c1-13-22-15(12-26-13)11-25-16-8-6-14(7-9-16)20(24)21-10-19-23-17-4-2-3-5-18(17)27-19/h2-9,12H,10-11H2,1H3,(H,21,24). The van der Waals surface area contributed by atoms with E-state index in [9.17, 15) is 4.79 Å². The van der Waals surface area contributed by atoms with E-state index in [1.54, 1.807) is 46.9 Å². The molecule has 27 heavy (non-hydrogen) atoms. The number of para-hydroxylation sites is 1. The van der Waals surface area contributed by atoms with Gasteiger partial charge in [0.05, 0.1) is 27.5 Å². The summed E-state index contributed by atoms with van der Waals surface area (Å²) in [7, 11) is 0. The van der Waals surface area contributed by atoms with Crippen LogP contribution in [0.1, 0.15) is 26.1 Å². The average molecular weight is 396 g/mol. The number of aryl methyl sites for hydroxylation is 1. The van der Waals surface area contributed by atoms with Crippen molar-refractivity contribution in [2.75, 3.05) is 0 Å². The molecule has 0 aliphatic heterocycles. The second-order valence-electron chi connectivity index (χ2n) is 5.93. The molecule has 0 radical (unpaired) electrons. The van der Waals surface area contributed by atoms with Crippen molar-refractivity contribution in [1.29, 1.82) is 0 Å². The second kappa shape index (κ2) is 7.85. The molecule has 0 fully saturated rings. The van der Waals surface area contributed by atoms with E-state index >= 15 is 0 Å². The van der Waals surface area contributed by atoms with Crippen LogP contribution in [0.25, 0.3) is 10.2 Å². The number of carbonyl (C=O) groups excluding carboxylic acids is 1. The SMILES string of the molecule is Cc1nc(COc2ccc(C(=O)NCc3nc4ccccc4s3)cc2)cs1. The van der Waals surface area contributed by atoms with Gasteiger partial charge in [-0.3, -0.25) is 4.79 Å². The molecule has 0 atom stereocenters. The summed E-state index contributed by atoms with van der Waals surface area (Å²) >= 11 is 3.19. The Hall–Kier alpha value is -2.77. The Morgan fingerprint density at radius 2 is 1.93 bits per heavy atom. The topological polar surface area (TPSA) is 64.1 Å². The zero-order valence-electron chi connectivity index (χ0n) is 14.6. The monoisotopic (exact) mass is 395 g/mol. The molecule has 2 aromatic carbocycles. The van der Waals surface area contributed by atoms with Crippen molar-refractivity contribution in [2.24, 2.45) is 0 Å². The minimum atomic E-state index is -0.129. The predicted molar refractivity (Wildman–Crippen MR) is 108 cm³/mol. The molecule has 5 nitrogen and oxygen atoms in total. The Morgan fingerprint density at radius 3 is 2.67 bits per heavy atom. The lowest BCUT2D eigenvalue weighted by molar-refractivity contribution is 0.0951. The summed E-state index contributed by atoms with van der Waals surface area (Å²) in [5.74, 6) is 0.583. The quantitative estimate of drug-likeness (QED) is 0.519. The van der Waals surface area contributed by atoms with E-state index < -0.39 is 0 Å². The van der Waals surface area contributed by atoms with Gasteiger partial charge in [0.1, 0.15) is 17.4 Å².